The third-order valence-corrected chi connectivity index (χ3v) is 5.16. The van der Waals surface area contributed by atoms with E-state index < -0.39 is 11.0 Å². The van der Waals surface area contributed by atoms with E-state index in [9.17, 15) is 9.18 Å². The number of halogens is 2. The number of hydrogen-bond acceptors (Lipinski definition) is 3. The first kappa shape index (κ1) is 17.2. The standard InChI is InChI=1S/C16H21FN2O2.ClH/c1-15(2)13-12(4-3-9-21-13)16(15,18)14(20)19-11-7-5-10(17)6-8-11;/h5-8,12-13H,3-4,9,18H2,1-2H3,(H,19,20);1H. The minimum Gasteiger partial charge on any atom is -0.377 e. The Kier molecular flexibility index (Phi) is 4.53. The normalized spacial score (nSPS) is 32.2. The first-order valence-corrected chi connectivity index (χ1v) is 7.35. The van der Waals surface area contributed by atoms with Gasteiger partial charge in [-0.15, -0.1) is 12.4 Å². The summed E-state index contributed by atoms with van der Waals surface area (Å²) in [7, 11) is 0. The summed E-state index contributed by atoms with van der Waals surface area (Å²) >= 11 is 0. The quantitative estimate of drug-likeness (QED) is 0.877. The molecule has 0 radical (unpaired) electrons. The number of nitrogens with two attached hydrogens (primary N) is 1. The number of amides is 1. The predicted octanol–water partition coefficient (Wildman–Crippen LogP) is 2.72. The zero-order valence-corrected chi connectivity index (χ0v) is 13.6. The first-order chi connectivity index (χ1) is 9.87. The summed E-state index contributed by atoms with van der Waals surface area (Å²) in [4.78, 5) is 12.7. The van der Waals surface area contributed by atoms with Crippen LogP contribution in [0.4, 0.5) is 10.1 Å². The molecule has 3 atom stereocenters. The Bertz CT molecular complexity index is 564. The van der Waals surface area contributed by atoms with Gasteiger partial charge in [0.1, 0.15) is 11.4 Å². The Hall–Kier alpha value is -1.17. The fraction of sp³-hybridized carbons (Fsp3) is 0.562. The predicted molar refractivity (Wildman–Crippen MR) is 85.4 cm³/mol. The number of carbonyl (C=O) groups excluding carboxylic acids is 1. The minimum atomic E-state index is -0.952. The minimum absolute atomic E-state index is 0. The second kappa shape index (κ2) is 5.80. The molecule has 0 aromatic heterocycles. The van der Waals surface area contributed by atoms with E-state index >= 15 is 0 Å². The number of rotatable bonds is 2. The zero-order chi connectivity index (χ0) is 15.3. The molecule has 6 heteroatoms. The molecule has 1 heterocycles. The molecule has 1 aliphatic heterocycles. The van der Waals surface area contributed by atoms with Gasteiger partial charge in [-0.05, 0) is 37.1 Å². The molecular formula is C16H22ClFN2O2. The molecule has 1 aromatic carbocycles. The highest BCUT2D eigenvalue weighted by Gasteiger charge is 2.70. The lowest BCUT2D eigenvalue weighted by atomic mass is 9.46. The van der Waals surface area contributed by atoms with Crippen LogP contribution in [-0.2, 0) is 9.53 Å². The highest BCUT2D eigenvalue weighted by Crippen LogP contribution is 2.57. The third kappa shape index (κ3) is 2.32. The molecule has 0 spiro atoms. The number of fused-ring (bicyclic) bond motifs is 1. The Labute approximate surface area is 136 Å². The summed E-state index contributed by atoms with van der Waals surface area (Å²) in [5.74, 6) is -0.507. The lowest BCUT2D eigenvalue weighted by Gasteiger charge is -2.65. The smallest absolute Gasteiger partial charge is 0.245 e. The molecule has 22 heavy (non-hydrogen) atoms. The van der Waals surface area contributed by atoms with Crippen molar-refractivity contribution in [3.05, 3.63) is 30.1 Å². The lowest BCUT2D eigenvalue weighted by Crippen LogP contribution is -2.81. The van der Waals surface area contributed by atoms with Crippen molar-refractivity contribution in [1.29, 1.82) is 0 Å². The summed E-state index contributed by atoms with van der Waals surface area (Å²) in [6.45, 7) is 4.69. The van der Waals surface area contributed by atoms with Crippen molar-refractivity contribution in [2.24, 2.45) is 17.1 Å². The van der Waals surface area contributed by atoms with Gasteiger partial charge in [-0.1, -0.05) is 13.8 Å². The van der Waals surface area contributed by atoms with Crippen molar-refractivity contribution in [1.82, 2.24) is 0 Å². The van der Waals surface area contributed by atoms with E-state index in [1.807, 2.05) is 13.8 Å². The van der Waals surface area contributed by atoms with Crippen LogP contribution in [0, 0.1) is 17.2 Å². The zero-order valence-electron chi connectivity index (χ0n) is 12.8. The van der Waals surface area contributed by atoms with Crippen LogP contribution in [0.25, 0.3) is 0 Å². The van der Waals surface area contributed by atoms with Crippen molar-refractivity contribution in [3.63, 3.8) is 0 Å². The van der Waals surface area contributed by atoms with E-state index in [1.54, 1.807) is 0 Å². The number of nitrogens with one attached hydrogen (secondary N) is 1. The number of anilines is 1. The van der Waals surface area contributed by atoms with Crippen LogP contribution in [0.5, 0.6) is 0 Å². The maximum Gasteiger partial charge on any atom is 0.245 e. The van der Waals surface area contributed by atoms with E-state index in [-0.39, 0.29) is 36.2 Å². The van der Waals surface area contributed by atoms with Crippen LogP contribution in [0.2, 0.25) is 0 Å². The Balaban J connectivity index is 0.00000176. The van der Waals surface area contributed by atoms with Crippen molar-refractivity contribution in [2.75, 3.05) is 11.9 Å². The van der Waals surface area contributed by atoms with Crippen LogP contribution in [0.3, 0.4) is 0 Å². The topological polar surface area (TPSA) is 64.3 Å². The number of benzene rings is 1. The van der Waals surface area contributed by atoms with Crippen molar-refractivity contribution < 1.29 is 13.9 Å². The Morgan fingerprint density at radius 1 is 1.36 bits per heavy atom. The Morgan fingerprint density at radius 2 is 2.00 bits per heavy atom. The first-order valence-electron chi connectivity index (χ1n) is 7.35. The molecule has 1 saturated heterocycles. The van der Waals surface area contributed by atoms with Gasteiger partial charge in [-0.2, -0.15) is 0 Å². The molecule has 122 valence electrons. The van der Waals surface area contributed by atoms with Crippen molar-refractivity contribution in [2.45, 2.75) is 38.3 Å². The van der Waals surface area contributed by atoms with E-state index in [0.717, 1.165) is 19.4 Å². The van der Waals surface area contributed by atoms with Gasteiger partial charge in [-0.3, -0.25) is 4.79 Å². The van der Waals surface area contributed by atoms with Crippen LogP contribution in [0.1, 0.15) is 26.7 Å². The molecule has 1 saturated carbocycles. The van der Waals surface area contributed by atoms with E-state index in [4.69, 9.17) is 10.5 Å². The highest BCUT2D eigenvalue weighted by atomic mass is 35.5. The number of carbonyl (C=O) groups is 1. The molecular weight excluding hydrogens is 307 g/mol. The van der Waals surface area contributed by atoms with Gasteiger partial charge in [0.05, 0.1) is 6.10 Å². The van der Waals surface area contributed by atoms with Crippen LogP contribution < -0.4 is 11.1 Å². The SMILES string of the molecule is CC1(C)C2OCCCC2C1(N)C(=O)Nc1ccc(F)cc1.Cl. The van der Waals surface area contributed by atoms with Crippen molar-refractivity contribution >= 4 is 24.0 Å². The number of ether oxygens (including phenoxy) is 1. The lowest BCUT2D eigenvalue weighted by molar-refractivity contribution is -0.222. The van der Waals surface area contributed by atoms with Gasteiger partial charge >= 0.3 is 0 Å². The second-order valence-corrected chi connectivity index (χ2v) is 6.59. The van der Waals surface area contributed by atoms with Crippen LogP contribution in [-0.4, -0.2) is 24.2 Å². The molecule has 3 N–H and O–H groups in total. The summed E-state index contributed by atoms with van der Waals surface area (Å²) < 4.78 is 18.7. The van der Waals surface area contributed by atoms with E-state index in [0.29, 0.717) is 5.69 Å². The van der Waals surface area contributed by atoms with E-state index in [2.05, 4.69) is 5.32 Å². The van der Waals surface area contributed by atoms with Gasteiger partial charge in [0.15, 0.2) is 0 Å². The molecule has 3 unspecified atom stereocenters. The van der Waals surface area contributed by atoms with Crippen LogP contribution in [0.15, 0.2) is 24.3 Å². The van der Waals surface area contributed by atoms with Gasteiger partial charge < -0.3 is 15.8 Å². The second-order valence-electron chi connectivity index (χ2n) is 6.59. The van der Waals surface area contributed by atoms with Crippen molar-refractivity contribution in [3.8, 4) is 0 Å². The summed E-state index contributed by atoms with van der Waals surface area (Å²) in [6, 6.07) is 5.71. The largest absolute Gasteiger partial charge is 0.377 e. The summed E-state index contributed by atoms with van der Waals surface area (Å²) in [6.07, 6.45) is 1.87. The summed E-state index contributed by atoms with van der Waals surface area (Å²) in [5, 5.41) is 2.81. The summed E-state index contributed by atoms with van der Waals surface area (Å²) in [5.41, 5.74) is 5.68. The maximum atomic E-state index is 12.9. The third-order valence-electron chi connectivity index (χ3n) is 5.16. The fourth-order valence-corrected chi connectivity index (χ4v) is 3.80. The maximum absolute atomic E-state index is 12.9. The van der Waals surface area contributed by atoms with Crippen LogP contribution >= 0.6 is 12.4 Å². The monoisotopic (exact) mass is 328 g/mol. The molecule has 2 aliphatic rings. The van der Waals surface area contributed by atoms with E-state index in [1.165, 1.54) is 24.3 Å². The van der Waals surface area contributed by atoms with Gasteiger partial charge in [0.25, 0.3) is 0 Å². The van der Waals surface area contributed by atoms with Gasteiger partial charge in [0, 0.05) is 23.6 Å². The molecule has 0 bridgehead atoms. The highest BCUT2D eigenvalue weighted by molar-refractivity contribution is 6.00. The molecule has 1 aliphatic carbocycles. The number of hydrogen-bond donors (Lipinski definition) is 2. The molecule has 4 nitrogen and oxygen atoms in total. The molecule has 2 fully saturated rings. The molecule has 1 amide bonds. The Morgan fingerprint density at radius 3 is 2.64 bits per heavy atom. The van der Waals surface area contributed by atoms with Gasteiger partial charge in [-0.25, -0.2) is 4.39 Å². The molecule has 1 aromatic rings. The van der Waals surface area contributed by atoms with Gasteiger partial charge in [0.2, 0.25) is 5.91 Å². The fourth-order valence-electron chi connectivity index (χ4n) is 3.80. The average molecular weight is 329 g/mol. The molecule has 3 rings (SSSR count). The average Bonchev–Trinajstić information content (AvgIpc) is 2.48.